The van der Waals surface area contributed by atoms with E-state index >= 15 is 0 Å². The number of hydrogen-bond acceptors (Lipinski definition) is 1. The standard InChI is InChI=1S/C17H18BrClFN/c1-3-21-17(15-7-5-13(19)8-11(15)2)9-12-4-6-14(20)10-16(12)18/h4-8,10,17,21H,3,9H2,1-2H3. The summed E-state index contributed by atoms with van der Waals surface area (Å²) in [7, 11) is 0. The van der Waals surface area contributed by atoms with Crippen molar-refractivity contribution in [2.24, 2.45) is 0 Å². The lowest BCUT2D eigenvalue weighted by Gasteiger charge is -2.21. The predicted molar refractivity (Wildman–Crippen MR) is 90.4 cm³/mol. The molecule has 1 atom stereocenters. The van der Waals surface area contributed by atoms with E-state index in [-0.39, 0.29) is 11.9 Å². The van der Waals surface area contributed by atoms with Gasteiger partial charge in [0, 0.05) is 15.5 Å². The maximum Gasteiger partial charge on any atom is 0.124 e. The van der Waals surface area contributed by atoms with Crippen LogP contribution in [0, 0.1) is 12.7 Å². The molecule has 0 heterocycles. The molecule has 1 unspecified atom stereocenters. The first-order chi connectivity index (χ1) is 10.0. The Hall–Kier alpha value is -0.900. The molecule has 0 radical (unpaired) electrons. The predicted octanol–water partition coefficient (Wildman–Crippen LogP) is 5.44. The van der Waals surface area contributed by atoms with Gasteiger partial charge in [0.25, 0.3) is 0 Å². The van der Waals surface area contributed by atoms with Crippen LogP contribution in [-0.4, -0.2) is 6.54 Å². The van der Waals surface area contributed by atoms with Gasteiger partial charge in [0.05, 0.1) is 0 Å². The topological polar surface area (TPSA) is 12.0 Å². The summed E-state index contributed by atoms with van der Waals surface area (Å²) in [6.45, 7) is 5.01. The van der Waals surface area contributed by atoms with Crippen molar-refractivity contribution in [2.75, 3.05) is 6.54 Å². The minimum Gasteiger partial charge on any atom is -0.310 e. The summed E-state index contributed by atoms with van der Waals surface area (Å²) in [6.07, 6.45) is 0.789. The van der Waals surface area contributed by atoms with Gasteiger partial charge in [0.1, 0.15) is 5.82 Å². The van der Waals surface area contributed by atoms with Gasteiger partial charge < -0.3 is 5.32 Å². The Morgan fingerprint density at radius 3 is 2.62 bits per heavy atom. The highest BCUT2D eigenvalue weighted by molar-refractivity contribution is 9.10. The van der Waals surface area contributed by atoms with Crippen molar-refractivity contribution in [1.29, 1.82) is 0 Å². The molecule has 2 rings (SSSR count). The number of hydrogen-bond donors (Lipinski definition) is 1. The summed E-state index contributed by atoms with van der Waals surface area (Å²) in [4.78, 5) is 0. The lowest BCUT2D eigenvalue weighted by atomic mass is 9.95. The third-order valence-corrected chi connectivity index (χ3v) is 4.47. The molecule has 0 aliphatic carbocycles. The summed E-state index contributed by atoms with van der Waals surface area (Å²) in [6, 6.07) is 11.0. The van der Waals surface area contributed by atoms with Crippen LogP contribution in [0.15, 0.2) is 40.9 Å². The molecule has 0 aromatic heterocycles. The number of aryl methyl sites for hydroxylation is 1. The molecule has 0 amide bonds. The molecule has 2 aromatic rings. The highest BCUT2D eigenvalue weighted by atomic mass is 79.9. The van der Waals surface area contributed by atoms with Crippen molar-refractivity contribution < 1.29 is 4.39 Å². The van der Waals surface area contributed by atoms with Crippen molar-refractivity contribution in [1.82, 2.24) is 5.32 Å². The van der Waals surface area contributed by atoms with Gasteiger partial charge in [-0.1, -0.05) is 46.6 Å². The molecule has 0 saturated heterocycles. The average molecular weight is 371 g/mol. The van der Waals surface area contributed by atoms with E-state index < -0.39 is 0 Å². The van der Waals surface area contributed by atoms with Gasteiger partial charge in [-0.05, 0) is 60.8 Å². The van der Waals surface area contributed by atoms with Crippen molar-refractivity contribution in [3.05, 3.63) is 68.4 Å². The highest BCUT2D eigenvalue weighted by Gasteiger charge is 2.15. The van der Waals surface area contributed by atoms with Crippen LogP contribution in [-0.2, 0) is 6.42 Å². The summed E-state index contributed by atoms with van der Waals surface area (Å²) in [5, 5.41) is 4.24. The maximum atomic E-state index is 13.2. The normalized spacial score (nSPS) is 12.4. The highest BCUT2D eigenvalue weighted by Crippen LogP contribution is 2.27. The van der Waals surface area contributed by atoms with Crippen LogP contribution in [0.1, 0.15) is 29.7 Å². The van der Waals surface area contributed by atoms with E-state index in [2.05, 4.69) is 41.2 Å². The summed E-state index contributed by atoms with van der Waals surface area (Å²) in [5.74, 6) is -0.228. The lowest BCUT2D eigenvalue weighted by molar-refractivity contribution is 0.545. The number of rotatable bonds is 5. The molecule has 0 saturated carbocycles. The summed E-state index contributed by atoms with van der Waals surface area (Å²) in [5.41, 5.74) is 3.46. The van der Waals surface area contributed by atoms with Crippen LogP contribution in [0.2, 0.25) is 5.02 Å². The van der Waals surface area contributed by atoms with Gasteiger partial charge in [-0.15, -0.1) is 0 Å². The van der Waals surface area contributed by atoms with Gasteiger partial charge >= 0.3 is 0 Å². The molecule has 21 heavy (non-hydrogen) atoms. The molecular formula is C17H18BrClFN. The quantitative estimate of drug-likeness (QED) is 0.738. The molecular weight excluding hydrogens is 353 g/mol. The second-order valence-corrected chi connectivity index (χ2v) is 6.34. The monoisotopic (exact) mass is 369 g/mol. The van der Waals surface area contributed by atoms with Crippen LogP contribution < -0.4 is 5.32 Å². The van der Waals surface area contributed by atoms with E-state index in [1.165, 1.54) is 17.7 Å². The van der Waals surface area contributed by atoms with E-state index in [9.17, 15) is 4.39 Å². The largest absolute Gasteiger partial charge is 0.310 e. The molecule has 1 nitrogen and oxygen atoms in total. The molecule has 0 aliphatic heterocycles. The minimum atomic E-state index is -0.228. The van der Waals surface area contributed by atoms with Crippen molar-refractivity contribution in [2.45, 2.75) is 26.3 Å². The van der Waals surface area contributed by atoms with Gasteiger partial charge in [-0.3, -0.25) is 0 Å². The Labute approximate surface area is 138 Å². The minimum absolute atomic E-state index is 0.175. The Bertz CT molecular complexity index is 630. The van der Waals surface area contributed by atoms with Crippen LogP contribution >= 0.6 is 27.5 Å². The molecule has 2 aromatic carbocycles. The molecule has 0 spiro atoms. The molecule has 112 valence electrons. The van der Waals surface area contributed by atoms with Crippen LogP contribution in [0.3, 0.4) is 0 Å². The molecule has 1 N–H and O–H groups in total. The Morgan fingerprint density at radius 2 is 2.00 bits per heavy atom. The van der Waals surface area contributed by atoms with E-state index in [4.69, 9.17) is 11.6 Å². The van der Waals surface area contributed by atoms with Crippen LogP contribution in [0.25, 0.3) is 0 Å². The van der Waals surface area contributed by atoms with Crippen LogP contribution in [0.4, 0.5) is 4.39 Å². The zero-order chi connectivity index (χ0) is 15.4. The first kappa shape index (κ1) is 16.5. The Morgan fingerprint density at radius 1 is 1.24 bits per heavy atom. The molecule has 0 fully saturated rings. The van der Waals surface area contributed by atoms with Crippen molar-refractivity contribution in [3.8, 4) is 0 Å². The van der Waals surface area contributed by atoms with Gasteiger partial charge in [-0.25, -0.2) is 4.39 Å². The number of nitrogens with one attached hydrogen (secondary N) is 1. The lowest BCUT2D eigenvalue weighted by Crippen LogP contribution is -2.24. The Kier molecular flexibility index (Phi) is 5.80. The zero-order valence-corrected chi connectivity index (χ0v) is 14.4. The fourth-order valence-corrected chi connectivity index (χ4v) is 3.22. The second-order valence-electron chi connectivity index (χ2n) is 5.05. The smallest absolute Gasteiger partial charge is 0.124 e. The Balaban J connectivity index is 2.30. The molecule has 4 heteroatoms. The van der Waals surface area contributed by atoms with Crippen LogP contribution in [0.5, 0.6) is 0 Å². The first-order valence-corrected chi connectivity index (χ1v) is 8.11. The summed E-state index contributed by atoms with van der Waals surface area (Å²) < 4.78 is 14.0. The van der Waals surface area contributed by atoms with Gasteiger partial charge in [0.2, 0.25) is 0 Å². The third-order valence-electron chi connectivity index (χ3n) is 3.50. The number of benzene rings is 2. The first-order valence-electron chi connectivity index (χ1n) is 6.94. The van der Waals surface area contributed by atoms with E-state index in [1.807, 2.05) is 18.2 Å². The van der Waals surface area contributed by atoms with E-state index in [1.54, 1.807) is 0 Å². The molecule has 0 bridgehead atoms. The fourth-order valence-electron chi connectivity index (χ4n) is 2.48. The fraction of sp³-hybridized carbons (Fsp3) is 0.294. The number of likely N-dealkylation sites (N-methyl/N-ethyl adjacent to an activating group) is 1. The van der Waals surface area contributed by atoms with E-state index in [0.29, 0.717) is 0 Å². The molecule has 0 aliphatic rings. The third kappa shape index (κ3) is 4.29. The summed E-state index contributed by atoms with van der Waals surface area (Å²) >= 11 is 9.47. The maximum absolute atomic E-state index is 13.2. The SMILES string of the molecule is CCNC(Cc1ccc(F)cc1Br)c1ccc(Cl)cc1C. The van der Waals surface area contributed by atoms with Gasteiger partial charge in [0.15, 0.2) is 0 Å². The second kappa shape index (κ2) is 7.39. The number of halogens is 3. The van der Waals surface area contributed by atoms with E-state index in [0.717, 1.165) is 33.6 Å². The van der Waals surface area contributed by atoms with Crippen molar-refractivity contribution >= 4 is 27.5 Å². The average Bonchev–Trinajstić information content (AvgIpc) is 2.41. The zero-order valence-electron chi connectivity index (χ0n) is 12.1. The van der Waals surface area contributed by atoms with Gasteiger partial charge in [-0.2, -0.15) is 0 Å². The van der Waals surface area contributed by atoms with Crippen molar-refractivity contribution in [3.63, 3.8) is 0 Å².